The van der Waals surface area contributed by atoms with Crippen molar-refractivity contribution in [3.05, 3.63) is 133 Å². The van der Waals surface area contributed by atoms with Gasteiger partial charge in [0, 0.05) is 0 Å². The molecule has 0 N–H and O–H groups in total. The van der Waals surface area contributed by atoms with Gasteiger partial charge in [-0.25, -0.2) is 0 Å². The van der Waals surface area contributed by atoms with Gasteiger partial charge in [-0.2, -0.15) is 23.3 Å². The number of fused-ring (bicyclic) bond motifs is 6. The van der Waals surface area contributed by atoms with Gasteiger partial charge in [0.25, 0.3) is 0 Å². The average molecular weight is 609 g/mol. The first-order valence-electron chi connectivity index (χ1n) is 11.3. The number of rotatable bonds is 2. The van der Waals surface area contributed by atoms with E-state index < -0.39 is 0 Å². The van der Waals surface area contributed by atoms with Crippen molar-refractivity contribution < 1.29 is 23.3 Å². The molecule has 36 heavy (non-hydrogen) atoms. The van der Waals surface area contributed by atoms with Crippen LogP contribution in [0.25, 0.3) is 21.5 Å². The first-order valence-corrected chi connectivity index (χ1v) is 15.4. The normalized spacial score (nSPS) is 11.8. The van der Waals surface area contributed by atoms with Gasteiger partial charge >= 0.3 is 30.2 Å². The van der Waals surface area contributed by atoms with E-state index in [-0.39, 0.29) is 39.7 Å². The third-order valence-corrected chi connectivity index (χ3v) is 6.30. The Bertz CT molecular complexity index is 1240. The zero-order valence-electron chi connectivity index (χ0n) is 21.6. The molecule has 0 saturated carbocycles. The predicted molar refractivity (Wildman–Crippen MR) is 161 cm³/mol. The van der Waals surface area contributed by atoms with Crippen LogP contribution in [0.3, 0.4) is 0 Å². The molecule has 0 unspecified atom stereocenters. The van der Waals surface area contributed by atoms with Crippen LogP contribution in [-0.2, 0) is 36.2 Å². The monoisotopic (exact) mass is 606 g/mol. The van der Waals surface area contributed by atoms with Crippen molar-refractivity contribution in [3.8, 4) is 0 Å². The molecule has 0 amide bonds. The molecule has 0 atom stereocenters. The average Bonchev–Trinajstić information content (AvgIpc) is 3.50. The zero-order valence-corrected chi connectivity index (χ0v) is 26.7. The second-order valence-electron chi connectivity index (χ2n) is 8.16. The van der Waals surface area contributed by atoms with Crippen LogP contribution < -0.4 is 0 Å². The summed E-state index contributed by atoms with van der Waals surface area (Å²) in [6.07, 6.45) is 11.5. The summed E-state index contributed by atoms with van der Waals surface area (Å²) in [6.45, 7) is 7.47. The summed E-state index contributed by atoms with van der Waals surface area (Å²) in [6, 6.07) is 26.0. The third kappa shape index (κ3) is 7.32. The van der Waals surface area contributed by atoms with E-state index in [9.17, 15) is 0 Å². The van der Waals surface area contributed by atoms with Crippen molar-refractivity contribution in [2.45, 2.75) is 39.5 Å². The molecule has 0 heterocycles. The van der Waals surface area contributed by atoms with Crippen LogP contribution in [-0.4, -0.2) is 6.88 Å². The quantitative estimate of drug-likeness (QED) is 0.157. The fraction of sp³-hybridized carbons (Fsp3) is 0.188. The maximum absolute atomic E-state index is 3.54. The van der Waals surface area contributed by atoms with Gasteiger partial charge in [0.1, 0.15) is 0 Å². The maximum atomic E-state index is 3.54. The first kappa shape index (κ1) is 34.6. The van der Waals surface area contributed by atoms with E-state index in [1.54, 1.807) is 0 Å². The van der Waals surface area contributed by atoms with Gasteiger partial charge in [0.2, 0.25) is 0 Å². The summed E-state index contributed by atoms with van der Waals surface area (Å²) >= 11 is 1.36. The van der Waals surface area contributed by atoms with E-state index in [1.165, 1.54) is 78.3 Å². The number of benzene rings is 4. The van der Waals surface area contributed by atoms with Crippen molar-refractivity contribution in [1.82, 2.24) is 0 Å². The zero-order chi connectivity index (χ0) is 22.5. The molecule has 2 aliphatic carbocycles. The summed E-state index contributed by atoms with van der Waals surface area (Å²) in [7, 11) is 0. The van der Waals surface area contributed by atoms with Gasteiger partial charge in [-0.3, -0.25) is 0 Å². The molecule has 6 rings (SSSR count). The first-order chi connectivity index (χ1) is 15.8. The Morgan fingerprint density at radius 1 is 0.611 bits per heavy atom. The topological polar surface area (TPSA) is 0 Å². The molecule has 0 aliphatic heterocycles. The van der Waals surface area contributed by atoms with E-state index in [0.29, 0.717) is 0 Å². The van der Waals surface area contributed by atoms with Crippen molar-refractivity contribution in [3.63, 3.8) is 0 Å². The van der Waals surface area contributed by atoms with E-state index in [0.717, 1.165) is 25.7 Å². The van der Waals surface area contributed by atoms with Gasteiger partial charge in [-0.15, -0.1) is 82.1 Å². The molecule has 0 fully saturated rings. The van der Waals surface area contributed by atoms with Crippen molar-refractivity contribution in [1.29, 1.82) is 0 Å². The van der Waals surface area contributed by atoms with Crippen LogP contribution in [0.4, 0.5) is 0 Å². The molecule has 4 aromatic rings. The molecular weight excluding hydrogens is 575 g/mol. The molecule has 2 aliphatic rings. The number of hydrogen-bond donors (Lipinski definition) is 0. The number of hydrogen-bond acceptors (Lipinski definition) is 0. The Balaban J connectivity index is 0.000000577. The Kier molecular flexibility index (Phi) is 15.8. The minimum atomic E-state index is 0. The van der Waals surface area contributed by atoms with Crippen LogP contribution >= 0.6 is 24.8 Å². The molecule has 0 aromatic heterocycles. The van der Waals surface area contributed by atoms with Crippen LogP contribution in [0.15, 0.2) is 83.9 Å². The van der Waals surface area contributed by atoms with Gasteiger partial charge in [-0.1, -0.05) is 86.0 Å². The molecule has 0 saturated heterocycles. The van der Waals surface area contributed by atoms with Crippen molar-refractivity contribution in [2.24, 2.45) is 0 Å². The van der Waals surface area contributed by atoms with E-state index in [1.807, 2.05) is 0 Å². The summed E-state index contributed by atoms with van der Waals surface area (Å²) in [4.78, 5) is 0. The standard InChI is InChI=1S/2C15H13.2CH3.2ClH.Si.Zr/c2*1-2-11-9-13-8-7-12-5-3-4-6-14(12)15(13)10-11;;;;;;/h2*3-8H,2,9H2,1H3;2*1H3;2*1H;;/q4*-1;;;;. The summed E-state index contributed by atoms with van der Waals surface area (Å²) in [5.74, 6) is 0. The molecule has 188 valence electrons. The second kappa shape index (κ2) is 16.4. The summed E-state index contributed by atoms with van der Waals surface area (Å²) in [5.41, 5.74) is 8.38. The van der Waals surface area contributed by atoms with E-state index in [2.05, 4.69) is 106 Å². The Morgan fingerprint density at radius 2 is 0.972 bits per heavy atom. The molecular formula is C32H34Cl2SiZr-4. The molecule has 2 radical (unpaired) electrons. The molecule has 4 aromatic carbocycles. The van der Waals surface area contributed by atoms with Crippen molar-refractivity contribution in [2.75, 3.05) is 0 Å². The van der Waals surface area contributed by atoms with Crippen LogP contribution in [0, 0.1) is 27.0 Å². The third-order valence-electron chi connectivity index (χ3n) is 6.30. The summed E-state index contributed by atoms with van der Waals surface area (Å²) < 4.78 is 0. The van der Waals surface area contributed by atoms with Gasteiger partial charge in [0.05, 0.1) is 0 Å². The fourth-order valence-corrected chi connectivity index (χ4v) is 4.55. The van der Waals surface area contributed by atoms with Crippen LogP contribution in [0.1, 0.15) is 48.9 Å². The number of allylic oxidation sites excluding steroid dienone is 2. The van der Waals surface area contributed by atoms with Gasteiger partial charge in [-0.05, 0) is 12.8 Å². The Labute approximate surface area is 247 Å². The van der Waals surface area contributed by atoms with Gasteiger partial charge < -0.3 is 14.9 Å². The SMILES string of the molecule is CCC1=[C-]c2c(ccc3ccccc23)C1.CCC1=[C-]c2c(ccc3ccccc23)C1.Cl.Cl.[CH3-].[CH3-].[Si]=[Zr]. The Morgan fingerprint density at radius 3 is 1.33 bits per heavy atom. The molecule has 0 nitrogen and oxygen atoms in total. The fourth-order valence-electron chi connectivity index (χ4n) is 4.55. The predicted octanol–water partition coefficient (Wildman–Crippen LogP) is 9.13. The summed E-state index contributed by atoms with van der Waals surface area (Å²) in [5, 5.41) is 5.33. The van der Waals surface area contributed by atoms with E-state index in [4.69, 9.17) is 0 Å². The van der Waals surface area contributed by atoms with Gasteiger partial charge in [0.15, 0.2) is 0 Å². The molecule has 0 spiro atoms. The second-order valence-corrected chi connectivity index (χ2v) is 8.16. The molecule has 0 bridgehead atoms. The Hall–Kier alpha value is -1.44. The molecule has 4 heteroatoms. The number of halogens is 2. The van der Waals surface area contributed by atoms with Crippen LogP contribution in [0.5, 0.6) is 0 Å². The van der Waals surface area contributed by atoms with Crippen LogP contribution in [0.2, 0.25) is 0 Å². The minimum absolute atomic E-state index is 0. The van der Waals surface area contributed by atoms with E-state index >= 15 is 0 Å². The van der Waals surface area contributed by atoms with Crippen molar-refractivity contribution >= 4 is 53.2 Å².